The zero-order valence-corrected chi connectivity index (χ0v) is 12.9. The molecule has 124 valence electrons. The van der Waals surface area contributed by atoms with Crippen molar-refractivity contribution in [1.29, 1.82) is 0 Å². The number of benzene rings is 2. The maximum atomic E-state index is 12.8. The molecule has 1 heterocycles. The second-order valence-corrected chi connectivity index (χ2v) is 5.45. The first-order chi connectivity index (χ1) is 11.6. The molecule has 1 aliphatic heterocycles. The number of anilines is 1. The summed E-state index contributed by atoms with van der Waals surface area (Å²) in [5.74, 6) is -1.83. The van der Waals surface area contributed by atoms with Gasteiger partial charge in [0.1, 0.15) is 5.75 Å². The Morgan fingerprint density at radius 3 is 2.21 bits per heavy atom. The molecule has 2 N–H and O–H groups in total. The number of ether oxygens (including phenoxy) is 1. The van der Waals surface area contributed by atoms with Crippen LogP contribution >= 0.6 is 0 Å². The Balaban J connectivity index is 2.01. The van der Waals surface area contributed by atoms with Crippen LogP contribution in [-0.2, 0) is 4.74 Å². The van der Waals surface area contributed by atoms with Crippen molar-refractivity contribution in [2.24, 2.45) is 0 Å². The van der Waals surface area contributed by atoms with Crippen molar-refractivity contribution >= 4 is 17.4 Å². The predicted octanol–water partition coefficient (Wildman–Crippen LogP) is 2.16. The number of morpholine rings is 1. The third-order valence-electron chi connectivity index (χ3n) is 4.01. The van der Waals surface area contributed by atoms with E-state index in [1.165, 1.54) is 18.2 Å². The average molecular weight is 327 g/mol. The van der Waals surface area contributed by atoms with Crippen molar-refractivity contribution in [3.63, 3.8) is 0 Å². The predicted molar refractivity (Wildman–Crippen MR) is 88.0 cm³/mol. The number of aromatic carboxylic acids is 1. The summed E-state index contributed by atoms with van der Waals surface area (Å²) in [6.45, 7) is 2.35. The number of rotatable bonds is 4. The third kappa shape index (κ3) is 2.96. The number of phenolic OH excluding ortho intramolecular Hbond substituents is 1. The molecule has 0 unspecified atom stereocenters. The fourth-order valence-electron chi connectivity index (χ4n) is 2.79. The molecule has 2 aromatic rings. The maximum Gasteiger partial charge on any atom is 0.336 e. The molecule has 0 atom stereocenters. The van der Waals surface area contributed by atoms with Crippen molar-refractivity contribution in [3.05, 3.63) is 59.2 Å². The van der Waals surface area contributed by atoms with Crippen LogP contribution in [0.2, 0.25) is 0 Å². The molecule has 1 fully saturated rings. The van der Waals surface area contributed by atoms with Crippen molar-refractivity contribution in [3.8, 4) is 5.75 Å². The van der Waals surface area contributed by atoms with Crippen molar-refractivity contribution in [2.45, 2.75) is 0 Å². The first-order valence-corrected chi connectivity index (χ1v) is 7.61. The first kappa shape index (κ1) is 16.0. The van der Waals surface area contributed by atoms with Crippen LogP contribution in [0, 0.1) is 0 Å². The van der Waals surface area contributed by atoms with Gasteiger partial charge in [-0.1, -0.05) is 24.3 Å². The number of hydrogen-bond donors (Lipinski definition) is 2. The molecule has 3 rings (SSSR count). The van der Waals surface area contributed by atoms with Crippen LogP contribution < -0.4 is 4.90 Å². The lowest BCUT2D eigenvalue weighted by molar-refractivity contribution is 0.0692. The smallest absolute Gasteiger partial charge is 0.336 e. The normalized spacial score (nSPS) is 14.4. The Labute approximate surface area is 138 Å². The van der Waals surface area contributed by atoms with E-state index >= 15 is 0 Å². The molecule has 6 nitrogen and oxygen atoms in total. The summed E-state index contributed by atoms with van der Waals surface area (Å²) in [5, 5.41) is 19.8. The van der Waals surface area contributed by atoms with E-state index in [0.717, 1.165) is 0 Å². The topological polar surface area (TPSA) is 87.1 Å². The molecular formula is C18H17NO5. The fraction of sp³-hybridized carbons (Fsp3) is 0.222. The summed E-state index contributed by atoms with van der Waals surface area (Å²) < 4.78 is 5.29. The molecule has 0 radical (unpaired) electrons. The largest absolute Gasteiger partial charge is 0.505 e. The zero-order valence-electron chi connectivity index (χ0n) is 12.9. The van der Waals surface area contributed by atoms with Crippen LogP contribution in [-0.4, -0.2) is 48.3 Å². The van der Waals surface area contributed by atoms with E-state index in [1.54, 1.807) is 24.3 Å². The highest BCUT2D eigenvalue weighted by atomic mass is 16.5. The number of nitrogens with zero attached hydrogens (tertiary/aromatic N) is 1. The Kier molecular flexibility index (Phi) is 4.48. The average Bonchev–Trinajstić information content (AvgIpc) is 2.62. The number of hydrogen-bond acceptors (Lipinski definition) is 5. The van der Waals surface area contributed by atoms with Gasteiger partial charge in [0.25, 0.3) is 0 Å². The van der Waals surface area contributed by atoms with Gasteiger partial charge in [0, 0.05) is 18.7 Å². The fourth-order valence-corrected chi connectivity index (χ4v) is 2.79. The summed E-state index contributed by atoms with van der Waals surface area (Å²) in [5.41, 5.74) is 0.614. The van der Waals surface area contributed by atoms with Gasteiger partial charge in [-0.25, -0.2) is 4.79 Å². The van der Waals surface area contributed by atoms with Gasteiger partial charge in [-0.15, -0.1) is 0 Å². The summed E-state index contributed by atoms with van der Waals surface area (Å²) in [6.07, 6.45) is 0. The number of carboxylic acids is 1. The van der Waals surface area contributed by atoms with E-state index in [9.17, 15) is 19.8 Å². The van der Waals surface area contributed by atoms with Gasteiger partial charge < -0.3 is 19.8 Å². The summed E-state index contributed by atoms with van der Waals surface area (Å²) in [4.78, 5) is 26.0. The minimum Gasteiger partial charge on any atom is -0.505 e. The van der Waals surface area contributed by atoms with Crippen molar-refractivity contribution < 1.29 is 24.5 Å². The highest BCUT2D eigenvalue weighted by Gasteiger charge is 2.23. The van der Waals surface area contributed by atoms with Gasteiger partial charge >= 0.3 is 5.97 Å². The van der Waals surface area contributed by atoms with Gasteiger partial charge in [0.15, 0.2) is 5.78 Å². The first-order valence-electron chi connectivity index (χ1n) is 7.61. The van der Waals surface area contributed by atoms with Gasteiger partial charge in [0.2, 0.25) is 0 Å². The van der Waals surface area contributed by atoms with E-state index in [2.05, 4.69) is 0 Å². The monoisotopic (exact) mass is 327 g/mol. The molecule has 24 heavy (non-hydrogen) atoms. The maximum absolute atomic E-state index is 12.8. The van der Waals surface area contributed by atoms with E-state index in [-0.39, 0.29) is 22.4 Å². The molecule has 0 spiro atoms. The van der Waals surface area contributed by atoms with Gasteiger partial charge in [0.05, 0.1) is 30.0 Å². The van der Waals surface area contributed by atoms with E-state index in [0.29, 0.717) is 32.0 Å². The summed E-state index contributed by atoms with van der Waals surface area (Å²) in [7, 11) is 0. The quantitative estimate of drug-likeness (QED) is 0.837. The van der Waals surface area contributed by atoms with Crippen LogP contribution in [0.4, 0.5) is 5.69 Å². The molecule has 0 aromatic heterocycles. The molecule has 0 amide bonds. The van der Waals surface area contributed by atoms with E-state index < -0.39 is 11.8 Å². The molecule has 6 heteroatoms. The van der Waals surface area contributed by atoms with Crippen LogP contribution in [0.5, 0.6) is 5.75 Å². The van der Waals surface area contributed by atoms with Crippen LogP contribution in [0.1, 0.15) is 26.3 Å². The van der Waals surface area contributed by atoms with Crippen molar-refractivity contribution in [1.82, 2.24) is 0 Å². The minimum atomic E-state index is -1.18. The lowest BCUT2D eigenvalue weighted by Gasteiger charge is -2.29. The Morgan fingerprint density at radius 2 is 1.54 bits per heavy atom. The Hall–Kier alpha value is -2.86. The molecule has 2 aromatic carbocycles. The Morgan fingerprint density at radius 1 is 0.917 bits per heavy atom. The zero-order chi connectivity index (χ0) is 17.1. The molecular weight excluding hydrogens is 310 g/mol. The molecule has 0 aliphatic carbocycles. The number of aromatic hydroxyl groups is 1. The summed E-state index contributed by atoms with van der Waals surface area (Å²) in [6, 6.07) is 10.9. The van der Waals surface area contributed by atoms with Crippen LogP contribution in [0.25, 0.3) is 0 Å². The number of carbonyl (C=O) groups is 2. The number of phenols is 1. The van der Waals surface area contributed by atoms with Crippen molar-refractivity contribution in [2.75, 3.05) is 31.2 Å². The molecule has 1 aliphatic rings. The molecule has 0 saturated carbocycles. The van der Waals surface area contributed by atoms with Gasteiger partial charge in [-0.2, -0.15) is 0 Å². The van der Waals surface area contributed by atoms with Gasteiger partial charge in [-0.3, -0.25) is 4.79 Å². The molecule has 0 bridgehead atoms. The SMILES string of the molecule is O=C(O)c1ccccc1C(=O)c1cccc(N2CCOCC2)c1O. The van der Waals surface area contributed by atoms with E-state index in [1.807, 2.05) is 4.90 Å². The molecule has 1 saturated heterocycles. The summed E-state index contributed by atoms with van der Waals surface area (Å²) >= 11 is 0. The lowest BCUT2D eigenvalue weighted by Crippen LogP contribution is -2.36. The second-order valence-electron chi connectivity index (χ2n) is 5.45. The number of para-hydroxylation sites is 1. The van der Waals surface area contributed by atoms with Gasteiger partial charge in [-0.05, 0) is 18.2 Å². The highest BCUT2D eigenvalue weighted by Crippen LogP contribution is 2.33. The standard InChI is InChI=1S/C18H17NO5/c20-16(12-4-1-2-5-13(12)18(22)23)14-6-3-7-15(17(14)21)19-8-10-24-11-9-19/h1-7,21H,8-11H2,(H,22,23). The second kappa shape index (κ2) is 6.72. The third-order valence-corrected chi connectivity index (χ3v) is 4.01. The lowest BCUT2D eigenvalue weighted by atomic mass is 9.97. The minimum absolute atomic E-state index is 0.0550. The number of carbonyl (C=O) groups excluding carboxylic acids is 1. The number of ketones is 1. The van der Waals surface area contributed by atoms with E-state index in [4.69, 9.17) is 4.74 Å². The number of carboxylic acid groups (broad SMARTS) is 1. The van der Waals surface area contributed by atoms with Crippen LogP contribution in [0.15, 0.2) is 42.5 Å². The highest BCUT2D eigenvalue weighted by molar-refractivity contribution is 6.16. The van der Waals surface area contributed by atoms with Crippen LogP contribution in [0.3, 0.4) is 0 Å². The Bertz CT molecular complexity index is 781.